The van der Waals surface area contributed by atoms with E-state index >= 15 is 0 Å². The summed E-state index contributed by atoms with van der Waals surface area (Å²) in [6.45, 7) is 6.18. The fourth-order valence-electron chi connectivity index (χ4n) is 1.43. The number of aryl methyl sites for hydroxylation is 1. The molecule has 2 heterocycles. The predicted octanol–water partition coefficient (Wildman–Crippen LogP) is 1.15. The maximum Gasteiger partial charge on any atom is 0.180 e. The fraction of sp³-hybridized carbons (Fsp3) is 0.455. The molecule has 90 valence electrons. The molecule has 17 heavy (non-hydrogen) atoms. The first-order valence-electron chi connectivity index (χ1n) is 5.38. The van der Waals surface area contributed by atoms with E-state index in [-0.39, 0.29) is 5.41 Å². The Labute approximate surface area is 99.9 Å². The molecule has 6 nitrogen and oxygen atoms in total. The van der Waals surface area contributed by atoms with Crippen LogP contribution in [0.15, 0.2) is 12.4 Å². The van der Waals surface area contributed by atoms with E-state index in [0.29, 0.717) is 17.3 Å². The summed E-state index contributed by atoms with van der Waals surface area (Å²) in [6.07, 6.45) is 3.15. The van der Waals surface area contributed by atoms with Crippen LogP contribution in [-0.4, -0.2) is 24.7 Å². The Morgan fingerprint density at radius 2 is 1.82 bits per heavy atom. The Morgan fingerprint density at radius 3 is 2.35 bits per heavy atom. The zero-order valence-corrected chi connectivity index (χ0v) is 10.5. The third kappa shape index (κ3) is 2.11. The van der Waals surface area contributed by atoms with Crippen molar-refractivity contribution in [3.05, 3.63) is 18.2 Å². The van der Waals surface area contributed by atoms with Crippen LogP contribution in [0.4, 0.5) is 5.82 Å². The van der Waals surface area contributed by atoms with Crippen molar-refractivity contribution in [2.45, 2.75) is 26.2 Å². The molecule has 0 spiro atoms. The van der Waals surface area contributed by atoms with Crippen LogP contribution in [0.1, 0.15) is 26.6 Å². The molecule has 6 heteroatoms. The lowest BCUT2D eigenvalue weighted by Crippen LogP contribution is -2.13. The van der Waals surface area contributed by atoms with Gasteiger partial charge in [0.05, 0.1) is 0 Å². The van der Waals surface area contributed by atoms with Gasteiger partial charge in [0.25, 0.3) is 0 Å². The summed E-state index contributed by atoms with van der Waals surface area (Å²) in [7, 11) is 1.83. The van der Waals surface area contributed by atoms with Crippen LogP contribution in [0.5, 0.6) is 0 Å². The van der Waals surface area contributed by atoms with Gasteiger partial charge in [0.1, 0.15) is 5.69 Å². The summed E-state index contributed by atoms with van der Waals surface area (Å²) >= 11 is 0. The van der Waals surface area contributed by atoms with Crippen LogP contribution >= 0.6 is 0 Å². The molecular weight excluding hydrogens is 216 g/mol. The first-order valence-corrected chi connectivity index (χ1v) is 5.38. The van der Waals surface area contributed by atoms with Crippen molar-refractivity contribution in [3.8, 4) is 11.5 Å². The van der Waals surface area contributed by atoms with Crippen molar-refractivity contribution in [2.75, 3.05) is 5.73 Å². The monoisotopic (exact) mass is 232 g/mol. The second-order valence-corrected chi connectivity index (χ2v) is 4.92. The molecular formula is C11H16N6. The molecule has 2 aromatic heterocycles. The van der Waals surface area contributed by atoms with E-state index in [2.05, 4.69) is 40.8 Å². The number of nitrogens with two attached hydrogens (primary N) is 1. The maximum atomic E-state index is 5.79. The van der Waals surface area contributed by atoms with E-state index < -0.39 is 0 Å². The normalized spacial score (nSPS) is 11.8. The topological polar surface area (TPSA) is 82.5 Å². The third-order valence-corrected chi connectivity index (χ3v) is 2.37. The summed E-state index contributed by atoms with van der Waals surface area (Å²) in [5.74, 6) is 1.77. The van der Waals surface area contributed by atoms with Crippen LogP contribution in [-0.2, 0) is 12.5 Å². The molecule has 0 aliphatic rings. The van der Waals surface area contributed by atoms with E-state index in [9.17, 15) is 0 Å². The van der Waals surface area contributed by atoms with Gasteiger partial charge >= 0.3 is 0 Å². The minimum absolute atomic E-state index is 0.104. The predicted molar refractivity (Wildman–Crippen MR) is 65.1 cm³/mol. The fourth-order valence-corrected chi connectivity index (χ4v) is 1.43. The van der Waals surface area contributed by atoms with Gasteiger partial charge in [0.2, 0.25) is 0 Å². The van der Waals surface area contributed by atoms with Gasteiger partial charge < -0.3 is 5.73 Å². The molecule has 0 amide bonds. The van der Waals surface area contributed by atoms with Crippen molar-refractivity contribution in [1.82, 2.24) is 24.7 Å². The van der Waals surface area contributed by atoms with Crippen molar-refractivity contribution in [3.63, 3.8) is 0 Å². The lowest BCUT2D eigenvalue weighted by molar-refractivity contribution is 0.538. The molecule has 0 fully saturated rings. The highest BCUT2D eigenvalue weighted by Gasteiger charge is 2.22. The zero-order valence-electron chi connectivity index (χ0n) is 10.5. The van der Waals surface area contributed by atoms with Gasteiger partial charge in [0, 0.05) is 24.9 Å². The van der Waals surface area contributed by atoms with Crippen molar-refractivity contribution in [2.24, 2.45) is 7.05 Å². The Morgan fingerprint density at radius 1 is 1.18 bits per heavy atom. The van der Waals surface area contributed by atoms with Crippen LogP contribution in [0.3, 0.4) is 0 Å². The van der Waals surface area contributed by atoms with Gasteiger partial charge in [-0.15, -0.1) is 0 Å². The average molecular weight is 232 g/mol. The van der Waals surface area contributed by atoms with Gasteiger partial charge in [-0.3, -0.25) is 0 Å². The minimum Gasteiger partial charge on any atom is -0.382 e. The second kappa shape index (κ2) is 3.80. The van der Waals surface area contributed by atoms with E-state index in [1.807, 2.05) is 7.05 Å². The highest BCUT2D eigenvalue weighted by molar-refractivity contribution is 5.63. The summed E-state index contributed by atoms with van der Waals surface area (Å²) in [5.41, 5.74) is 6.25. The maximum absolute atomic E-state index is 5.79. The Kier molecular flexibility index (Phi) is 2.57. The first-order chi connectivity index (χ1) is 7.89. The largest absolute Gasteiger partial charge is 0.382 e. The lowest BCUT2D eigenvalue weighted by Gasteiger charge is -2.11. The quantitative estimate of drug-likeness (QED) is 0.797. The Hall–Kier alpha value is -1.98. The standard InChI is InChI=1S/C11H16N6/c1-11(2,3)10-15-9(17(4)16-10)7-8(12)14-6-5-13-7/h5-6H,1-4H3,(H2,12,14). The minimum atomic E-state index is -0.104. The van der Waals surface area contributed by atoms with Crippen LogP contribution in [0.25, 0.3) is 11.5 Å². The molecule has 2 aromatic rings. The molecule has 0 bridgehead atoms. The summed E-state index contributed by atoms with van der Waals surface area (Å²) in [6, 6.07) is 0. The van der Waals surface area contributed by atoms with Crippen LogP contribution in [0, 0.1) is 0 Å². The first kappa shape index (κ1) is 11.5. The molecule has 2 rings (SSSR count). The zero-order chi connectivity index (χ0) is 12.6. The lowest BCUT2D eigenvalue weighted by atomic mass is 9.96. The average Bonchev–Trinajstić information content (AvgIpc) is 2.61. The molecule has 0 unspecified atom stereocenters. The number of hydrogen-bond donors (Lipinski definition) is 1. The van der Waals surface area contributed by atoms with Crippen molar-refractivity contribution >= 4 is 5.82 Å². The molecule has 2 N–H and O–H groups in total. The highest BCUT2D eigenvalue weighted by Crippen LogP contribution is 2.23. The molecule has 0 aliphatic carbocycles. The number of anilines is 1. The Bertz CT molecular complexity index is 537. The van der Waals surface area contributed by atoms with Crippen molar-refractivity contribution < 1.29 is 0 Å². The molecule has 0 aliphatic heterocycles. The number of hydrogen-bond acceptors (Lipinski definition) is 5. The third-order valence-electron chi connectivity index (χ3n) is 2.37. The van der Waals surface area contributed by atoms with E-state index in [0.717, 1.165) is 5.82 Å². The van der Waals surface area contributed by atoms with Gasteiger partial charge in [0.15, 0.2) is 17.5 Å². The van der Waals surface area contributed by atoms with E-state index in [4.69, 9.17) is 5.73 Å². The number of nitrogens with zero attached hydrogens (tertiary/aromatic N) is 5. The van der Waals surface area contributed by atoms with Crippen molar-refractivity contribution in [1.29, 1.82) is 0 Å². The molecule has 0 atom stereocenters. The van der Waals surface area contributed by atoms with Crippen LogP contribution < -0.4 is 5.73 Å². The SMILES string of the molecule is Cn1nc(C(C)(C)C)nc1-c1nccnc1N. The summed E-state index contributed by atoms with van der Waals surface area (Å²) in [5, 5.41) is 4.38. The van der Waals surface area contributed by atoms with E-state index in [1.165, 1.54) is 0 Å². The summed E-state index contributed by atoms with van der Waals surface area (Å²) in [4.78, 5) is 12.7. The number of aromatic nitrogens is 5. The molecule has 0 aromatic carbocycles. The molecule has 0 saturated carbocycles. The molecule has 0 saturated heterocycles. The summed E-state index contributed by atoms with van der Waals surface area (Å²) < 4.78 is 1.68. The molecule has 0 radical (unpaired) electrons. The smallest absolute Gasteiger partial charge is 0.180 e. The van der Waals surface area contributed by atoms with Crippen LogP contribution in [0.2, 0.25) is 0 Å². The van der Waals surface area contributed by atoms with Gasteiger partial charge in [-0.25, -0.2) is 19.6 Å². The van der Waals surface area contributed by atoms with Gasteiger partial charge in [-0.2, -0.15) is 5.10 Å². The van der Waals surface area contributed by atoms with Gasteiger partial charge in [-0.1, -0.05) is 20.8 Å². The van der Waals surface area contributed by atoms with E-state index in [1.54, 1.807) is 17.1 Å². The highest BCUT2D eigenvalue weighted by atomic mass is 15.3. The number of nitrogen functional groups attached to an aromatic ring is 1. The second-order valence-electron chi connectivity index (χ2n) is 4.92. The Balaban J connectivity index is 2.55. The number of rotatable bonds is 1. The van der Waals surface area contributed by atoms with Gasteiger partial charge in [-0.05, 0) is 0 Å².